The molecule has 0 radical (unpaired) electrons. The van der Waals surface area contributed by atoms with E-state index >= 15 is 0 Å². The van der Waals surface area contributed by atoms with Crippen LogP contribution in [0.1, 0.15) is 17.7 Å². The lowest BCUT2D eigenvalue weighted by atomic mass is 9.96. The van der Waals surface area contributed by atoms with Crippen LogP contribution in [-0.4, -0.2) is 79.5 Å². The average molecular weight is 416 g/mol. The molecule has 6 nitrogen and oxygen atoms in total. The number of piperidine rings is 1. The van der Waals surface area contributed by atoms with Gasteiger partial charge in [0, 0.05) is 55.8 Å². The fraction of sp³-hybridized carbons (Fsp3) is 0.545. The maximum atomic E-state index is 13.0. The highest BCUT2D eigenvalue weighted by atomic mass is 32.1. The van der Waals surface area contributed by atoms with Crippen LogP contribution < -0.4 is 0 Å². The number of thiophene rings is 1. The van der Waals surface area contributed by atoms with E-state index in [2.05, 4.69) is 23.1 Å². The molecular formula is C22H29N3O3S. The van der Waals surface area contributed by atoms with E-state index in [0.29, 0.717) is 32.5 Å². The van der Waals surface area contributed by atoms with E-state index < -0.39 is 0 Å². The zero-order valence-corrected chi connectivity index (χ0v) is 17.8. The molecule has 2 fully saturated rings. The third-order valence-electron chi connectivity index (χ3n) is 5.89. The molecule has 0 bridgehead atoms. The minimum absolute atomic E-state index is 0.100. The van der Waals surface area contributed by atoms with Crippen LogP contribution in [0.2, 0.25) is 0 Å². The second-order valence-corrected chi connectivity index (χ2v) is 9.14. The molecule has 1 aromatic heterocycles. The summed E-state index contributed by atoms with van der Waals surface area (Å²) in [6.45, 7) is 6.07. The largest absolute Gasteiger partial charge is 0.379 e. The van der Waals surface area contributed by atoms with Crippen molar-refractivity contribution < 1.29 is 14.3 Å². The van der Waals surface area contributed by atoms with Gasteiger partial charge in [-0.25, -0.2) is 0 Å². The molecule has 2 aromatic rings. The Morgan fingerprint density at radius 1 is 1.24 bits per heavy atom. The monoisotopic (exact) mass is 415 g/mol. The summed E-state index contributed by atoms with van der Waals surface area (Å²) in [4.78, 5) is 32.6. The Morgan fingerprint density at radius 3 is 2.83 bits per heavy atom. The molecule has 2 saturated heterocycles. The number of nitrogens with zero attached hydrogens (tertiary/aromatic N) is 3. The standard InChI is InChI=1S/C22H29N3O3S/c1-23(16-19-14-17-4-2-3-5-20(17)29-19)22(27)18-6-7-21(26)25(15-18)9-8-24-10-12-28-13-11-24/h2-5,14,18H,6-13,15-16H2,1H3/t18-/m0/s1. The molecule has 2 amide bonds. The zero-order valence-electron chi connectivity index (χ0n) is 17.0. The summed E-state index contributed by atoms with van der Waals surface area (Å²) in [7, 11) is 1.88. The Labute approximate surface area is 176 Å². The fourth-order valence-electron chi connectivity index (χ4n) is 4.16. The first-order valence-electron chi connectivity index (χ1n) is 10.4. The van der Waals surface area contributed by atoms with E-state index in [1.165, 1.54) is 15.0 Å². The highest BCUT2D eigenvalue weighted by Gasteiger charge is 2.32. The van der Waals surface area contributed by atoms with Crippen LogP contribution in [0.25, 0.3) is 10.1 Å². The van der Waals surface area contributed by atoms with E-state index in [4.69, 9.17) is 4.74 Å². The van der Waals surface area contributed by atoms with Crippen molar-refractivity contribution in [2.75, 3.05) is 53.0 Å². The van der Waals surface area contributed by atoms with Gasteiger partial charge >= 0.3 is 0 Å². The van der Waals surface area contributed by atoms with Crippen LogP contribution in [-0.2, 0) is 20.9 Å². The van der Waals surface area contributed by atoms with Crippen molar-refractivity contribution in [1.29, 1.82) is 0 Å². The van der Waals surface area contributed by atoms with Gasteiger partial charge in [0.15, 0.2) is 0 Å². The fourth-order valence-corrected chi connectivity index (χ4v) is 5.28. The van der Waals surface area contributed by atoms with Crippen LogP contribution in [0.5, 0.6) is 0 Å². The Bertz CT molecular complexity index is 829. The van der Waals surface area contributed by atoms with Crippen molar-refractivity contribution in [2.45, 2.75) is 19.4 Å². The van der Waals surface area contributed by atoms with Crippen molar-refractivity contribution in [3.8, 4) is 0 Å². The summed E-state index contributed by atoms with van der Waals surface area (Å²) in [6, 6.07) is 10.5. The van der Waals surface area contributed by atoms with Crippen molar-refractivity contribution in [1.82, 2.24) is 14.7 Å². The Balaban J connectivity index is 1.32. The van der Waals surface area contributed by atoms with E-state index in [1.54, 1.807) is 11.3 Å². The molecule has 4 rings (SSSR count). The first-order chi connectivity index (χ1) is 14.1. The molecule has 3 heterocycles. The molecular weight excluding hydrogens is 386 g/mol. The molecule has 1 atom stereocenters. The summed E-state index contributed by atoms with van der Waals surface area (Å²) >= 11 is 1.74. The summed E-state index contributed by atoms with van der Waals surface area (Å²) in [5.74, 6) is 0.220. The summed E-state index contributed by atoms with van der Waals surface area (Å²) < 4.78 is 6.63. The zero-order chi connectivity index (χ0) is 20.2. The molecule has 0 aliphatic carbocycles. The number of ether oxygens (including phenoxy) is 1. The molecule has 0 spiro atoms. The van der Waals surface area contributed by atoms with Crippen molar-refractivity contribution >= 4 is 33.2 Å². The molecule has 2 aliphatic rings. The van der Waals surface area contributed by atoms with Crippen LogP contribution in [0.15, 0.2) is 30.3 Å². The molecule has 7 heteroatoms. The highest BCUT2D eigenvalue weighted by Crippen LogP contribution is 2.27. The second-order valence-electron chi connectivity index (χ2n) is 7.97. The Hall–Kier alpha value is -1.96. The number of hydrogen-bond donors (Lipinski definition) is 0. The highest BCUT2D eigenvalue weighted by molar-refractivity contribution is 7.19. The molecule has 0 unspecified atom stereocenters. The van der Waals surface area contributed by atoms with E-state index in [0.717, 1.165) is 32.8 Å². The number of amides is 2. The molecule has 1 aromatic carbocycles. The lowest BCUT2D eigenvalue weighted by Gasteiger charge is -2.35. The summed E-state index contributed by atoms with van der Waals surface area (Å²) in [5.41, 5.74) is 0. The third-order valence-corrected chi connectivity index (χ3v) is 6.99. The van der Waals surface area contributed by atoms with Crippen molar-refractivity contribution in [3.05, 3.63) is 35.2 Å². The number of hydrogen-bond acceptors (Lipinski definition) is 5. The van der Waals surface area contributed by atoms with Gasteiger partial charge in [0.2, 0.25) is 11.8 Å². The number of rotatable bonds is 6. The van der Waals surface area contributed by atoms with Gasteiger partial charge < -0.3 is 14.5 Å². The predicted octanol–water partition coefficient (Wildman–Crippen LogP) is 2.43. The Morgan fingerprint density at radius 2 is 2.03 bits per heavy atom. The number of benzene rings is 1. The van der Waals surface area contributed by atoms with E-state index in [9.17, 15) is 9.59 Å². The summed E-state index contributed by atoms with van der Waals surface area (Å²) in [5, 5.41) is 1.23. The predicted molar refractivity (Wildman–Crippen MR) is 115 cm³/mol. The Kier molecular flexibility index (Phi) is 6.47. The van der Waals surface area contributed by atoms with Crippen LogP contribution >= 0.6 is 11.3 Å². The van der Waals surface area contributed by atoms with Gasteiger partial charge in [-0.3, -0.25) is 14.5 Å². The number of fused-ring (bicyclic) bond motifs is 1. The van der Waals surface area contributed by atoms with E-state index in [-0.39, 0.29) is 17.7 Å². The van der Waals surface area contributed by atoms with Gasteiger partial charge in [0.05, 0.1) is 25.7 Å². The first kappa shape index (κ1) is 20.3. The lowest BCUT2D eigenvalue weighted by molar-refractivity contribution is -0.142. The minimum Gasteiger partial charge on any atom is -0.379 e. The number of carbonyl (C=O) groups excluding carboxylic acids is 2. The molecule has 0 saturated carbocycles. The number of morpholine rings is 1. The van der Waals surface area contributed by atoms with Crippen molar-refractivity contribution in [2.24, 2.45) is 5.92 Å². The van der Waals surface area contributed by atoms with E-state index in [1.807, 2.05) is 29.0 Å². The molecule has 29 heavy (non-hydrogen) atoms. The second kappa shape index (κ2) is 9.24. The van der Waals surface area contributed by atoms with Gasteiger partial charge in [-0.1, -0.05) is 18.2 Å². The molecule has 156 valence electrons. The van der Waals surface area contributed by atoms with Gasteiger partial charge in [0.1, 0.15) is 0 Å². The first-order valence-corrected chi connectivity index (χ1v) is 11.2. The smallest absolute Gasteiger partial charge is 0.227 e. The van der Waals surface area contributed by atoms with Crippen LogP contribution in [0, 0.1) is 5.92 Å². The van der Waals surface area contributed by atoms with Crippen molar-refractivity contribution in [3.63, 3.8) is 0 Å². The quantitative estimate of drug-likeness (QED) is 0.727. The normalized spacial score (nSPS) is 20.9. The van der Waals surface area contributed by atoms with Gasteiger partial charge in [-0.2, -0.15) is 0 Å². The lowest BCUT2D eigenvalue weighted by Crippen LogP contribution is -2.49. The van der Waals surface area contributed by atoms with Crippen LogP contribution in [0.3, 0.4) is 0 Å². The van der Waals surface area contributed by atoms with Gasteiger partial charge in [0.25, 0.3) is 0 Å². The maximum Gasteiger partial charge on any atom is 0.227 e. The third kappa shape index (κ3) is 4.97. The number of carbonyl (C=O) groups is 2. The average Bonchev–Trinajstić information content (AvgIpc) is 3.15. The van der Waals surface area contributed by atoms with Gasteiger partial charge in [-0.15, -0.1) is 11.3 Å². The van der Waals surface area contributed by atoms with Gasteiger partial charge in [-0.05, 0) is 23.9 Å². The molecule has 0 N–H and O–H groups in total. The SMILES string of the molecule is CN(Cc1cc2ccccc2s1)C(=O)[C@H]1CCC(=O)N(CCN2CCOCC2)C1. The topological polar surface area (TPSA) is 53.1 Å². The molecule has 2 aliphatic heterocycles. The number of likely N-dealkylation sites (tertiary alicyclic amines) is 1. The van der Waals surface area contributed by atoms with Crippen LogP contribution in [0.4, 0.5) is 0 Å². The maximum absolute atomic E-state index is 13.0. The summed E-state index contributed by atoms with van der Waals surface area (Å²) in [6.07, 6.45) is 1.12. The minimum atomic E-state index is -0.100.